The third-order valence-corrected chi connectivity index (χ3v) is 1.68. The van der Waals surface area contributed by atoms with Crippen LogP contribution in [0, 0.1) is 0 Å². The van der Waals surface area contributed by atoms with Gasteiger partial charge in [-0.25, -0.2) is 5.84 Å². The van der Waals surface area contributed by atoms with Gasteiger partial charge >= 0.3 is 12.0 Å². The fourth-order valence-electron chi connectivity index (χ4n) is 0.878. The van der Waals surface area contributed by atoms with Gasteiger partial charge in [0, 0.05) is 6.54 Å². The second-order valence-electron chi connectivity index (χ2n) is 3.22. The summed E-state index contributed by atoms with van der Waals surface area (Å²) in [6, 6.07) is 0.337. The molecule has 0 radical (unpaired) electrons. The zero-order valence-corrected chi connectivity index (χ0v) is 9.60. The number of anilines is 1. The number of nitrogens with zero attached hydrogens (tertiary/aromatic N) is 4. The Morgan fingerprint density at radius 1 is 1.25 bits per heavy atom. The van der Waals surface area contributed by atoms with E-state index < -0.39 is 0 Å². The lowest BCUT2D eigenvalue weighted by atomic mass is 10.6. The number of nitrogens with one attached hydrogen (secondary N) is 1. The van der Waals surface area contributed by atoms with Crippen molar-refractivity contribution >= 4 is 5.95 Å². The third-order valence-electron chi connectivity index (χ3n) is 1.68. The van der Waals surface area contributed by atoms with E-state index in [-0.39, 0.29) is 18.0 Å². The molecule has 0 aliphatic rings. The monoisotopic (exact) mass is 228 g/mol. The summed E-state index contributed by atoms with van der Waals surface area (Å²) in [7, 11) is 5.35. The van der Waals surface area contributed by atoms with Gasteiger partial charge < -0.3 is 14.4 Å². The molecule has 1 aromatic rings. The average Bonchev–Trinajstić information content (AvgIpc) is 2.28. The maximum absolute atomic E-state index is 5.32. The van der Waals surface area contributed by atoms with Gasteiger partial charge in [0.2, 0.25) is 5.95 Å². The minimum Gasteiger partial charge on any atom is -0.467 e. The van der Waals surface area contributed by atoms with E-state index in [0.717, 1.165) is 6.54 Å². The van der Waals surface area contributed by atoms with Gasteiger partial charge in [0.25, 0.3) is 0 Å². The van der Waals surface area contributed by atoms with Crippen LogP contribution in [-0.2, 0) is 0 Å². The summed E-state index contributed by atoms with van der Waals surface area (Å²) in [6.45, 7) is 1.24. The SMILES string of the molecule is COc1nc(NN)nc(OCCN(C)C)n1. The summed E-state index contributed by atoms with van der Waals surface area (Å²) >= 11 is 0. The molecule has 0 amide bonds. The van der Waals surface area contributed by atoms with E-state index >= 15 is 0 Å². The van der Waals surface area contributed by atoms with E-state index in [1.54, 1.807) is 0 Å². The topological polar surface area (TPSA) is 98.4 Å². The number of nitrogens with two attached hydrogens (primary N) is 1. The zero-order valence-electron chi connectivity index (χ0n) is 9.60. The van der Waals surface area contributed by atoms with Crippen LogP contribution in [0.4, 0.5) is 5.95 Å². The lowest BCUT2D eigenvalue weighted by molar-refractivity contribution is 0.240. The largest absolute Gasteiger partial charge is 0.467 e. The molecule has 90 valence electrons. The standard InChI is InChI=1S/C8H16N6O2/c1-14(2)4-5-16-8-11-6(13-9)10-7(12-8)15-3/h4-5,9H2,1-3H3,(H,10,11,12,13). The van der Waals surface area contributed by atoms with Crippen molar-refractivity contribution in [3.63, 3.8) is 0 Å². The molecule has 0 unspecified atom stereocenters. The Hall–Kier alpha value is -1.67. The molecule has 3 N–H and O–H groups in total. The van der Waals surface area contributed by atoms with E-state index in [9.17, 15) is 0 Å². The van der Waals surface area contributed by atoms with Gasteiger partial charge in [-0.05, 0) is 14.1 Å². The van der Waals surface area contributed by atoms with Crippen molar-refractivity contribution in [3.05, 3.63) is 0 Å². The Morgan fingerprint density at radius 2 is 1.94 bits per heavy atom. The van der Waals surface area contributed by atoms with Crippen molar-refractivity contribution in [2.24, 2.45) is 5.84 Å². The number of aromatic nitrogens is 3. The molecule has 0 spiro atoms. The quantitative estimate of drug-likeness (QED) is 0.478. The Bertz CT molecular complexity index is 310. The highest BCUT2D eigenvalue weighted by Crippen LogP contribution is 2.11. The molecule has 1 aromatic heterocycles. The molecule has 8 heteroatoms. The van der Waals surface area contributed by atoms with Crippen LogP contribution in [0.5, 0.6) is 12.0 Å². The van der Waals surface area contributed by atoms with Gasteiger partial charge in [0.15, 0.2) is 0 Å². The fourth-order valence-corrected chi connectivity index (χ4v) is 0.878. The summed E-state index contributed by atoms with van der Waals surface area (Å²) in [5.74, 6) is 5.40. The van der Waals surface area contributed by atoms with Gasteiger partial charge in [0.1, 0.15) is 6.61 Å². The van der Waals surface area contributed by atoms with Gasteiger partial charge in [-0.3, -0.25) is 5.43 Å². The maximum atomic E-state index is 5.32. The van der Waals surface area contributed by atoms with E-state index in [2.05, 4.69) is 20.4 Å². The summed E-state index contributed by atoms with van der Waals surface area (Å²) in [5.41, 5.74) is 2.31. The van der Waals surface area contributed by atoms with Gasteiger partial charge in [-0.2, -0.15) is 9.97 Å². The van der Waals surface area contributed by atoms with Gasteiger partial charge in [-0.1, -0.05) is 0 Å². The number of nitrogen functional groups attached to an aromatic ring is 1. The van der Waals surface area contributed by atoms with Crippen LogP contribution in [0.25, 0.3) is 0 Å². The molecule has 0 aromatic carbocycles. The third kappa shape index (κ3) is 3.83. The van der Waals surface area contributed by atoms with Crippen LogP contribution in [-0.4, -0.2) is 54.2 Å². The van der Waals surface area contributed by atoms with Crippen LogP contribution >= 0.6 is 0 Å². The van der Waals surface area contributed by atoms with Crippen LogP contribution in [0.1, 0.15) is 0 Å². The van der Waals surface area contributed by atoms with E-state index in [1.165, 1.54) is 7.11 Å². The van der Waals surface area contributed by atoms with Gasteiger partial charge in [-0.15, -0.1) is 4.98 Å². The number of methoxy groups -OCH3 is 1. The molecule has 0 fully saturated rings. The van der Waals surface area contributed by atoms with Crippen molar-refractivity contribution in [2.75, 3.05) is 39.8 Å². The van der Waals surface area contributed by atoms with Crippen molar-refractivity contribution in [1.29, 1.82) is 0 Å². The molecule has 0 saturated carbocycles. The Balaban J connectivity index is 2.64. The minimum absolute atomic E-state index is 0.155. The highest BCUT2D eigenvalue weighted by molar-refractivity contribution is 5.25. The summed E-state index contributed by atoms with van der Waals surface area (Å²) in [4.78, 5) is 13.7. The predicted octanol–water partition coefficient (Wildman–Crippen LogP) is -0.894. The lowest BCUT2D eigenvalue weighted by Crippen LogP contribution is -2.20. The molecule has 0 atom stereocenters. The molecule has 0 bridgehead atoms. The summed E-state index contributed by atoms with van der Waals surface area (Å²) < 4.78 is 10.2. The predicted molar refractivity (Wildman–Crippen MR) is 58.2 cm³/mol. The number of likely N-dealkylation sites (N-methyl/N-ethyl adjacent to an activating group) is 1. The first kappa shape index (κ1) is 12.4. The van der Waals surface area contributed by atoms with E-state index in [4.69, 9.17) is 15.3 Å². The Morgan fingerprint density at radius 3 is 2.50 bits per heavy atom. The van der Waals surface area contributed by atoms with Gasteiger partial charge in [0.05, 0.1) is 7.11 Å². The van der Waals surface area contributed by atoms with Crippen molar-refractivity contribution < 1.29 is 9.47 Å². The number of rotatable bonds is 6. The maximum Gasteiger partial charge on any atom is 0.324 e. The van der Waals surface area contributed by atoms with Crippen molar-refractivity contribution in [1.82, 2.24) is 19.9 Å². The van der Waals surface area contributed by atoms with Crippen LogP contribution in [0.2, 0.25) is 0 Å². The summed E-state index contributed by atoms with van der Waals surface area (Å²) in [5, 5.41) is 0. The first-order chi connectivity index (χ1) is 7.65. The Kier molecular flexibility index (Phi) is 4.67. The normalized spacial score (nSPS) is 10.3. The molecule has 8 nitrogen and oxygen atoms in total. The smallest absolute Gasteiger partial charge is 0.324 e. The fraction of sp³-hybridized carbons (Fsp3) is 0.625. The first-order valence-corrected chi connectivity index (χ1v) is 4.70. The highest BCUT2D eigenvalue weighted by atomic mass is 16.5. The average molecular weight is 228 g/mol. The first-order valence-electron chi connectivity index (χ1n) is 4.70. The second kappa shape index (κ2) is 6.03. The van der Waals surface area contributed by atoms with Crippen LogP contribution < -0.4 is 20.7 Å². The minimum atomic E-state index is 0.155. The zero-order chi connectivity index (χ0) is 12.0. The van der Waals surface area contributed by atoms with Crippen LogP contribution in [0.15, 0.2) is 0 Å². The van der Waals surface area contributed by atoms with E-state index in [1.807, 2.05) is 19.0 Å². The molecule has 1 rings (SSSR count). The van der Waals surface area contributed by atoms with Crippen molar-refractivity contribution in [3.8, 4) is 12.0 Å². The highest BCUT2D eigenvalue weighted by Gasteiger charge is 2.06. The number of ether oxygens (including phenoxy) is 2. The molecule has 0 aliphatic heterocycles. The van der Waals surface area contributed by atoms with Crippen LogP contribution in [0.3, 0.4) is 0 Å². The molecule has 0 saturated heterocycles. The number of hydrogen-bond acceptors (Lipinski definition) is 8. The molecule has 1 heterocycles. The lowest BCUT2D eigenvalue weighted by Gasteiger charge is -2.10. The summed E-state index contributed by atoms with van der Waals surface area (Å²) in [6.07, 6.45) is 0. The number of hydrazine groups is 1. The second-order valence-corrected chi connectivity index (χ2v) is 3.22. The van der Waals surface area contributed by atoms with Crippen molar-refractivity contribution in [2.45, 2.75) is 0 Å². The molecular weight excluding hydrogens is 212 g/mol. The molecule has 16 heavy (non-hydrogen) atoms. The number of hydrogen-bond donors (Lipinski definition) is 2. The molecular formula is C8H16N6O2. The van der Waals surface area contributed by atoms with E-state index in [0.29, 0.717) is 6.61 Å². The molecule has 0 aliphatic carbocycles. The Labute approximate surface area is 93.8 Å².